The summed E-state index contributed by atoms with van der Waals surface area (Å²) in [6, 6.07) is 12.4. The predicted octanol–water partition coefficient (Wildman–Crippen LogP) is 3.64. The van der Waals surface area contributed by atoms with Crippen molar-refractivity contribution in [2.75, 3.05) is 7.11 Å². The van der Waals surface area contributed by atoms with Gasteiger partial charge < -0.3 is 10.1 Å². The van der Waals surface area contributed by atoms with Crippen molar-refractivity contribution in [1.29, 1.82) is 0 Å². The molecular weight excluding hydrogens is 333 g/mol. The van der Waals surface area contributed by atoms with Gasteiger partial charge in [-0.25, -0.2) is 9.18 Å². The maximum Gasteiger partial charge on any atom is 0.328 e. The Kier molecular flexibility index (Phi) is 6.14. The summed E-state index contributed by atoms with van der Waals surface area (Å²) in [7, 11) is 1.24. The lowest BCUT2D eigenvalue weighted by atomic mass is 9.86. The van der Waals surface area contributed by atoms with E-state index in [1.54, 1.807) is 30.3 Å². The van der Waals surface area contributed by atoms with Crippen LogP contribution in [0.2, 0.25) is 0 Å². The summed E-state index contributed by atoms with van der Waals surface area (Å²) in [6.07, 6.45) is 0.0190. The fraction of sp³-hybridized carbons (Fsp3) is 0.333. The van der Waals surface area contributed by atoms with Crippen LogP contribution in [-0.2, 0) is 21.4 Å². The number of halogens is 1. The van der Waals surface area contributed by atoms with Crippen molar-refractivity contribution in [1.82, 2.24) is 5.32 Å². The first kappa shape index (κ1) is 19.6. The van der Waals surface area contributed by atoms with Crippen LogP contribution in [0.3, 0.4) is 0 Å². The zero-order chi connectivity index (χ0) is 19.3. The Morgan fingerprint density at radius 1 is 1.08 bits per heavy atom. The standard InChI is InChI=1S/C21H24FNO3/c1-21(2,3)16-11-9-14(10-12-16)19(24)23-18(20(25)26-4)13-15-7-5-6-8-17(15)22/h5-12,18H,13H2,1-4H3,(H,23,24)/t18-/m0/s1. The molecule has 2 aromatic carbocycles. The van der Waals surface area contributed by atoms with Gasteiger partial charge in [-0.15, -0.1) is 0 Å². The molecule has 0 saturated heterocycles. The number of nitrogens with one attached hydrogen (secondary N) is 1. The lowest BCUT2D eigenvalue weighted by Crippen LogP contribution is -2.43. The fourth-order valence-electron chi connectivity index (χ4n) is 2.58. The minimum Gasteiger partial charge on any atom is -0.467 e. The summed E-state index contributed by atoms with van der Waals surface area (Å²) in [5, 5.41) is 2.64. The Hall–Kier alpha value is -2.69. The molecular formula is C21H24FNO3. The first-order chi connectivity index (χ1) is 12.2. The summed E-state index contributed by atoms with van der Waals surface area (Å²) in [4.78, 5) is 24.5. The summed E-state index contributed by atoms with van der Waals surface area (Å²) >= 11 is 0. The number of hydrogen-bond donors (Lipinski definition) is 1. The maximum absolute atomic E-state index is 13.9. The van der Waals surface area contributed by atoms with Gasteiger partial charge in [-0.3, -0.25) is 4.79 Å². The van der Waals surface area contributed by atoms with Gasteiger partial charge in [0.1, 0.15) is 11.9 Å². The van der Waals surface area contributed by atoms with Crippen LogP contribution >= 0.6 is 0 Å². The van der Waals surface area contributed by atoms with Crippen LogP contribution in [0, 0.1) is 5.82 Å². The Balaban J connectivity index is 2.16. The first-order valence-corrected chi connectivity index (χ1v) is 8.45. The first-order valence-electron chi connectivity index (χ1n) is 8.45. The molecule has 0 aliphatic rings. The van der Waals surface area contributed by atoms with Crippen LogP contribution < -0.4 is 5.32 Å². The monoisotopic (exact) mass is 357 g/mol. The van der Waals surface area contributed by atoms with Crippen LogP contribution in [-0.4, -0.2) is 25.0 Å². The zero-order valence-corrected chi connectivity index (χ0v) is 15.5. The second kappa shape index (κ2) is 8.13. The van der Waals surface area contributed by atoms with Gasteiger partial charge >= 0.3 is 5.97 Å². The van der Waals surface area contributed by atoms with Crippen molar-refractivity contribution in [3.8, 4) is 0 Å². The molecule has 0 aromatic heterocycles. The SMILES string of the molecule is COC(=O)[C@H](Cc1ccccc1F)NC(=O)c1ccc(C(C)(C)C)cc1. The highest BCUT2D eigenvalue weighted by Gasteiger charge is 2.24. The molecule has 2 aromatic rings. The number of ether oxygens (including phenoxy) is 1. The van der Waals surface area contributed by atoms with E-state index in [9.17, 15) is 14.0 Å². The molecule has 1 atom stereocenters. The van der Waals surface area contributed by atoms with Gasteiger partial charge in [-0.1, -0.05) is 51.1 Å². The number of rotatable bonds is 5. The topological polar surface area (TPSA) is 55.4 Å². The second-order valence-corrected chi connectivity index (χ2v) is 7.17. The number of benzene rings is 2. The van der Waals surface area contributed by atoms with Crippen molar-refractivity contribution < 1.29 is 18.7 Å². The number of hydrogen-bond acceptors (Lipinski definition) is 3. The minimum atomic E-state index is -0.966. The van der Waals surface area contributed by atoms with Crippen molar-refractivity contribution in [2.24, 2.45) is 0 Å². The fourth-order valence-corrected chi connectivity index (χ4v) is 2.58. The van der Waals surface area contributed by atoms with Crippen molar-refractivity contribution >= 4 is 11.9 Å². The van der Waals surface area contributed by atoms with Crippen molar-refractivity contribution in [3.05, 3.63) is 71.0 Å². The maximum atomic E-state index is 13.9. The van der Waals surface area contributed by atoms with Gasteiger partial charge in [0.15, 0.2) is 0 Å². The summed E-state index contributed by atoms with van der Waals surface area (Å²) in [5.74, 6) is -1.45. The molecule has 0 bridgehead atoms. The number of methoxy groups -OCH3 is 1. The molecule has 0 heterocycles. The van der Waals surface area contributed by atoms with Gasteiger partial charge in [0.2, 0.25) is 0 Å². The number of esters is 1. The van der Waals surface area contributed by atoms with E-state index in [1.165, 1.54) is 13.2 Å². The molecule has 1 N–H and O–H groups in total. The highest BCUT2D eigenvalue weighted by atomic mass is 19.1. The predicted molar refractivity (Wildman–Crippen MR) is 98.5 cm³/mol. The third-order valence-electron chi connectivity index (χ3n) is 4.19. The normalized spacial score (nSPS) is 12.3. The van der Waals surface area contributed by atoms with Gasteiger partial charge in [-0.05, 0) is 34.7 Å². The van der Waals surface area contributed by atoms with E-state index in [1.807, 2.05) is 12.1 Å². The summed E-state index contributed by atoms with van der Waals surface area (Å²) in [6.45, 7) is 6.26. The van der Waals surface area contributed by atoms with E-state index in [0.29, 0.717) is 11.1 Å². The highest BCUT2D eigenvalue weighted by molar-refractivity contribution is 5.96. The van der Waals surface area contributed by atoms with Gasteiger partial charge in [0.25, 0.3) is 5.91 Å². The van der Waals surface area contributed by atoms with Crippen LogP contribution in [0.25, 0.3) is 0 Å². The molecule has 4 nitrogen and oxygen atoms in total. The van der Waals surface area contributed by atoms with Gasteiger partial charge in [0.05, 0.1) is 7.11 Å². The Morgan fingerprint density at radius 3 is 2.23 bits per heavy atom. The molecule has 5 heteroatoms. The molecule has 0 fully saturated rings. The van der Waals surface area contributed by atoms with Gasteiger partial charge in [0, 0.05) is 12.0 Å². The molecule has 138 valence electrons. The largest absolute Gasteiger partial charge is 0.467 e. The third-order valence-corrected chi connectivity index (χ3v) is 4.19. The number of amides is 1. The molecule has 0 saturated carbocycles. The lowest BCUT2D eigenvalue weighted by Gasteiger charge is -2.20. The third kappa shape index (κ3) is 4.91. The Labute approximate surface area is 153 Å². The number of carbonyl (C=O) groups is 2. The van der Waals surface area contributed by atoms with E-state index < -0.39 is 23.7 Å². The molecule has 2 rings (SSSR count). The average Bonchev–Trinajstić information content (AvgIpc) is 2.61. The lowest BCUT2D eigenvalue weighted by molar-refractivity contribution is -0.142. The Bertz CT molecular complexity index is 779. The molecule has 0 aliphatic carbocycles. The molecule has 1 amide bonds. The van der Waals surface area contributed by atoms with Gasteiger partial charge in [-0.2, -0.15) is 0 Å². The molecule has 0 aliphatic heterocycles. The molecule has 26 heavy (non-hydrogen) atoms. The quantitative estimate of drug-likeness (QED) is 0.831. The van der Waals surface area contributed by atoms with E-state index >= 15 is 0 Å². The molecule has 0 unspecified atom stereocenters. The van der Waals surface area contributed by atoms with E-state index in [2.05, 4.69) is 26.1 Å². The average molecular weight is 357 g/mol. The minimum absolute atomic E-state index is 0.0190. The van der Waals surface area contributed by atoms with Crippen molar-refractivity contribution in [2.45, 2.75) is 38.6 Å². The van der Waals surface area contributed by atoms with E-state index in [0.717, 1.165) is 5.56 Å². The van der Waals surface area contributed by atoms with Crippen LogP contribution in [0.1, 0.15) is 42.3 Å². The van der Waals surface area contributed by atoms with Crippen LogP contribution in [0.15, 0.2) is 48.5 Å². The Morgan fingerprint density at radius 2 is 1.69 bits per heavy atom. The van der Waals surface area contributed by atoms with E-state index in [4.69, 9.17) is 4.74 Å². The zero-order valence-electron chi connectivity index (χ0n) is 15.5. The molecule has 0 radical (unpaired) electrons. The smallest absolute Gasteiger partial charge is 0.328 e. The van der Waals surface area contributed by atoms with Crippen LogP contribution in [0.4, 0.5) is 4.39 Å². The number of carbonyl (C=O) groups excluding carboxylic acids is 2. The second-order valence-electron chi connectivity index (χ2n) is 7.17. The summed E-state index contributed by atoms with van der Waals surface area (Å²) < 4.78 is 18.6. The molecule has 0 spiro atoms. The summed E-state index contributed by atoms with van der Waals surface area (Å²) in [5.41, 5.74) is 1.85. The highest BCUT2D eigenvalue weighted by Crippen LogP contribution is 2.22. The van der Waals surface area contributed by atoms with E-state index in [-0.39, 0.29) is 11.8 Å². The van der Waals surface area contributed by atoms with Crippen molar-refractivity contribution in [3.63, 3.8) is 0 Å². The van der Waals surface area contributed by atoms with Crippen LogP contribution in [0.5, 0.6) is 0 Å².